The average molecular weight is 308 g/mol. The van der Waals surface area contributed by atoms with Crippen molar-refractivity contribution in [3.63, 3.8) is 0 Å². The largest absolute Gasteiger partial charge is 0.489 e. The van der Waals surface area contributed by atoms with Gasteiger partial charge >= 0.3 is 5.69 Å². The zero-order valence-electron chi connectivity index (χ0n) is 13.3. The van der Waals surface area contributed by atoms with Crippen LogP contribution in [0.4, 0.5) is 4.39 Å². The minimum atomic E-state index is -0.401. The molecule has 0 bridgehead atoms. The summed E-state index contributed by atoms with van der Waals surface area (Å²) in [5, 5.41) is 7.51. The molecule has 0 unspecified atom stereocenters. The van der Waals surface area contributed by atoms with Crippen LogP contribution in [-0.4, -0.2) is 25.9 Å². The molecule has 2 aromatic rings. The SMILES string of the molecule is CCCCc1cc(-n2nnn(C)c2=O)c(OC(C)C)cc1F. The van der Waals surface area contributed by atoms with Gasteiger partial charge in [-0.3, -0.25) is 0 Å². The summed E-state index contributed by atoms with van der Waals surface area (Å²) in [7, 11) is 1.51. The minimum absolute atomic E-state index is 0.146. The minimum Gasteiger partial charge on any atom is -0.489 e. The highest BCUT2D eigenvalue weighted by atomic mass is 19.1. The van der Waals surface area contributed by atoms with Gasteiger partial charge in [0.25, 0.3) is 0 Å². The number of hydrogen-bond acceptors (Lipinski definition) is 4. The van der Waals surface area contributed by atoms with E-state index in [4.69, 9.17) is 4.74 Å². The van der Waals surface area contributed by atoms with Crippen LogP contribution in [0.3, 0.4) is 0 Å². The molecule has 120 valence electrons. The fourth-order valence-corrected chi connectivity index (χ4v) is 2.12. The molecule has 0 spiro atoms. The van der Waals surface area contributed by atoms with Crippen LogP contribution in [0.1, 0.15) is 39.2 Å². The van der Waals surface area contributed by atoms with Crippen molar-refractivity contribution in [3.8, 4) is 11.4 Å². The van der Waals surface area contributed by atoms with E-state index in [2.05, 4.69) is 10.4 Å². The van der Waals surface area contributed by atoms with Gasteiger partial charge in [-0.15, -0.1) is 0 Å². The fraction of sp³-hybridized carbons (Fsp3) is 0.533. The van der Waals surface area contributed by atoms with Gasteiger partial charge in [-0.2, -0.15) is 9.36 Å². The number of aromatic nitrogens is 4. The molecule has 0 radical (unpaired) electrons. The van der Waals surface area contributed by atoms with E-state index in [1.54, 1.807) is 6.07 Å². The molecule has 0 saturated heterocycles. The lowest BCUT2D eigenvalue weighted by Gasteiger charge is -2.15. The Bertz CT molecular complexity index is 706. The Morgan fingerprint density at radius 1 is 1.32 bits per heavy atom. The predicted octanol–water partition coefficient (Wildman–Crippen LogP) is 2.23. The second-order valence-electron chi connectivity index (χ2n) is 5.48. The van der Waals surface area contributed by atoms with Crippen LogP contribution in [0, 0.1) is 5.82 Å². The highest BCUT2D eigenvalue weighted by Crippen LogP contribution is 2.27. The van der Waals surface area contributed by atoms with Crippen LogP contribution in [-0.2, 0) is 13.5 Å². The molecule has 0 atom stereocenters. The molecule has 0 aliphatic carbocycles. The van der Waals surface area contributed by atoms with Crippen LogP contribution in [0.25, 0.3) is 5.69 Å². The van der Waals surface area contributed by atoms with E-state index in [1.807, 2.05) is 20.8 Å². The van der Waals surface area contributed by atoms with E-state index in [0.717, 1.165) is 22.2 Å². The summed E-state index contributed by atoms with van der Waals surface area (Å²) >= 11 is 0. The molecule has 22 heavy (non-hydrogen) atoms. The molecule has 0 aliphatic heterocycles. The number of hydrogen-bond donors (Lipinski definition) is 0. The van der Waals surface area contributed by atoms with Crippen molar-refractivity contribution >= 4 is 0 Å². The molecule has 0 amide bonds. The number of tetrazole rings is 1. The van der Waals surface area contributed by atoms with Crippen LogP contribution in [0.5, 0.6) is 5.75 Å². The Morgan fingerprint density at radius 3 is 2.59 bits per heavy atom. The van der Waals surface area contributed by atoms with E-state index in [1.165, 1.54) is 13.1 Å². The quantitative estimate of drug-likeness (QED) is 0.821. The van der Waals surface area contributed by atoms with E-state index in [-0.39, 0.29) is 17.7 Å². The first-order valence-corrected chi connectivity index (χ1v) is 7.42. The summed E-state index contributed by atoms with van der Waals surface area (Å²) in [6.45, 7) is 5.72. The second kappa shape index (κ2) is 6.72. The molecule has 2 rings (SSSR count). The third-order valence-corrected chi connectivity index (χ3v) is 3.24. The van der Waals surface area contributed by atoms with Gasteiger partial charge in [-0.25, -0.2) is 9.18 Å². The molecule has 0 saturated carbocycles. The molecule has 0 aliphatic rings. The Morgan fingerprint density at radius 2 is 2.05 bits per heavy atom. The lowest BCUT2D eigenvalue weighted by Crippen LogP contribution is -2.23. The summed E-state index contributed by atoms with van der Waals surface area (Å²) < 4.78 is 22.1. The average Bonchev–Trinajstić information content (AvgIpc) is 2.78. The highest BCUT2D eigenvalue weighted by Gasteiger charge is 2.17. The molecule has 0 fully saturated rings. The molecule has 1 heterocycles. The first-order chi connectivity index (χ1) is 10.4. The third kappa shape index (κ3) is 3.35. The van der Waals surface area contributed by atoms with Gasteiger partial charge in [0.15, 0.2) is 0 Å². The lowest BCUT2D eigenvalue weighted by atomic mass is 10.1. The molecular formula is C15H21FN4O2. The summed E-state index contributed by atoms with van der Waals surface area (Å²) in [5.41, 5.74) is 0.562. The maximum atomic E-state index is 14.2. The highest BCUT2D eigenvalue weighted by molar-refractivity contribution is 5.49. The Balaban J connectivity index is 2.56. The van der Waals surface area contributed by atoms with Crippen molar-refractivity contribution in [1.29, 1.82) is 0 Å². The van der Waals surface area contributed by atoms with Crippen molar-refractivity contribution in [3.05, 3.63) is 34.0 Å². The molecule has 7 heteroatoms. The molecule has 1 aromatic heterocycles. The first-order valence-electron chi connectivity index (χ1n) is 7.42. The van der Waals surface area contributed by atoms with Crippen LogP contribution >= 0.6 is 0 Å². The van der Waals surface area contributed by atoms with E-state index in [9.17, 15) is 9.18 Å². The Kier molecular flexibility index (Phi) is 4.95. The van der Waals surface area contributed by atoms with Gasteiger partial charge in [-0.1, -0.05) is 13.3 Å². The maximum Gasteiger partial charge on any atom is 0.368 e. The van der Waals surface area contributed by atoms with E-state index >= 15 is 0 Å². The van der Waals surface area contributed by atoms with Crippen molar-refractivity contribution in [2.75, 3.05) is 0 Å². The van der Waals surface area contributed by atoms with Crippen molar-refractivity contribution in [1.82, 2.24) is 19.8 Å². The fourth-order valence-electron chi connectivity index (χ4n) is 2.12. The predicted molar refractivity (Wildman–Crippen MR) is 80.9 cm³/mol. The summed E-state index contributed by atoms with van der Waals surface area (Å²) in [6.07, 6.45) is 2.29. The number of aryl methyl sites for hydroxylation is 2. The molecule has 0 N–H and O–H groups in total. The van der Waals surface area contributed by atoms with Gasteiger partial charge in [0, 0.05) is 13.1 Å². The van der Waals surface area contributed by atoms with Crippen LogP contribution in [0.2, 0.25) is 0 Å². The maximum absolute atomic E-state index is 14.2. The number of unbranched alkanes of at least 4 members (excludes halogenated alkanes) is 1. The standard InChI is InChI=1S/C15H21FN4O2/c1-5-6-7-11-8-13(20-15(21)19(4)17-18-20)14(9-12(11)16)22-10(2)3/h8-10H,5-7H2,1-4H3. The number of ether oxygens (including phenoxy) is 1. The van der Waals surface area contributed by atoms with Gasteiger partial charge in [-0.05, 0) is 48.7 Å². The zero-order valence-corrected chi connectivity index (χ0v) is 13.3. The number of rotatable bonds is 6. The molecule has 1 aromatic carbocycles. The lowest BCUT2D eigenvalue weighted by molar-refractivity contribution is 0.240. The van der Waals surface area contributed by atoms with Gasteiger partial charge in [0.2, 0.25) is 0 Å². The summed E-state index contributed by atoms with van der Waals surface area (Å²) in [5.74, 6) is -0.0415. The van der Waals surface area contributed by atoms with E-state index < -0.39 is 5.69 Å². The first kappa shape index (κ1) is 16.2. The number of halogens is 1. The Hall–Kier alpha value is -2.18. The summed E-state index contributed by atoms with van der Waals surface area (Å²) in [6, 6.07) is 2.94. The third-order valence-electron chi connectivity index (χ3n) is 3.24. The van der Waals surface area contributed by atoms with Crippen LogP contribution in [0.15, 0.2) is 16.9 Å². The number of nitrogens with zero attached hydrogens (tertiary/aromatic N) is 4. The second-order valence-corrected chi connectivity index (χ2v) is 5.48. The smallest absolute Gasteiger partial charge is 0.368 e. The Labute approximate surface area is 128 Å². The van der Waals surface area contributed by atoms with Gasteiger partial charge in [0.05, 0.1) is 6.10 Å². The molecular weight excluding hydrogens is 287 g/mol. The normalized spacial score (nSPS) is 11.2. The van der Waals surface area contributed by atoms with Crippen molar-refractivity contribution in [2.45, 2.75) is 46.1 Å². The zero-order chi connectivity index (χ0) is 16.3. The van der Waals surface area contributed by atoms with Crippen LogP contribution < -0.4 is 10.4 Å². The molecule has 6 nitrogen and oxygen atoms in total. The number of benzene rings is 1. The van der Waals surface area contributed by atoms with Crippen molar-refractivity contribution in [2.24, 2.45) is 7.05 Å². The van der Waals surface area contributed by atoms with Crippen molar-refractivity contribution < 1.29 is 9.13 Å². The van der Waals surface area contributed by atoms with Gasteiger partial charge in [0.1, 0.15) is 17.3 Å². The van der Waals surface area contributed by atoms with E-state index in [0.29, 0.717) is 17.7 Å². The van der Waals surface area contributed by atoms with Gasteiger partial charge < -0.3 is 4.74 Å². The topological polar surface area (TPSA) is 61.9 Å². The monoisotopic (exact) mass is 308 g/mol. The summed E-state index contributed by atoms with van der Waals surface area (Å²) in [4.78, 5) is 12.1.